The van der Waals surface area contributed by atoms with Gasteiger partial charge in [-0.2, -0.15) is 0 Å². The van der Waals surface area contributed by atoms with E-state index in [0.29, 0.717) is 0 Å². The number of hydrogen-bond acceptors (Lipinski definition) is 4. The van der Waals surface area contributed by atoms with Crippen LogP contribution in [0.3, 0.4) is 0 Å². The molecule has 0 saturated carbocycles. The second-order valence-corrected chi connectivity index (χ2v) is 1.23. The minimum absolute atomic E-state index is 0.215. The molecule has 0 aromatic carbocycles. The molecular formula is C3H6N2O2. The van der Waals surface area contributed by atoms with Crippen molar-refractivity contribution in [1.29, 1.82) is 0 Å². The summed E-state index contributed by atoms with van der Waals surface area (Å²) in [6.07, 6.45) is 0.625. The van der Waals surface area contributed by atoms with Gasteiger partial charge in [-0.15, -0.1) is 5.48 Å². The molecule has 0 aromatic heterocycles. The Balaban J connectivity index is 2.50. The summed E-state index contributed by atoms with van der Waals surface area (Å²) in [4.78, 5) is 4.40. The molecule has 0 spiro atoms. The van der Waals surface area contributed by atoms with Crippen LogP contribution in [0.25, 0.3) is 0 Å². The Labute approximate surface area is 40.5 Å². The van der Waals surface area contributed by atoms with Crippen LogP contribution in [0.4, 0.5) is 0 Å². The van der Waals surface area contributed by atoms with Gasteiger partial charge in [0.2, 0.25) is 5.88 Å². The maximum atomic E-state index is 8.51. The van der Waals surface area contributed by atoms with Crippen LogP contribution in [0, 0.1) is 0 Å². The molecule has 1 atom stereocenters. The normalized spacial score (nSPS) is 29.3. The second kappa shape index (κ2) is 1.40. The summed E-state index contributed by atoms with van der Waals surface area (Å²) in [5.41, 5.74) is 7.25. The van der Waals surface area contributed by atoms with Gasteiger partial charge < -0.3 is 15.7 Å². The summed E-state index contributed by atoms with van der Waals surface area (Å²) in [5, 5.41) is 8.51. The Morgan fingerprint density at radius 2 is 2.71 bits per heavy atom. The monoisotopic (exact) mass is 102 g/mol. The zero-order valence-electron chi connectivity index (χ0n) is 3.59. The molecule has 40 valence electrons. The third-order valence-electron chi connectivity index (χ3n) is 0.620. The predicted octanol–water partition coefficient (Wildman–Crippen LogP) is -1.36. The standard InChI is InChI=1S/C3H6N2O2/c4-2-1-3(6)5-7-2/h1,3,5-6H,4H2. The lowest BCUT2D eigenvalue weighted by atomic mass is 10.6. The smallest absolute Gasteiger partial charge is 0.209 e. The molecular weight excluding hydrogens is 96.0 g/mol. The Kier molecular flexibility index (Phi) is 0.883. The van der Waals surface area contributed by atoms with Crippen LogP contribution in [0.2, 0.25) is 0 Å². The van der Waals surface area contributed by atoms with Crippen LogP contribution in [-0.2, 0) is 4.84 Å². The van der Waals surface area contributed by atoms with Crippen molar-refractivity contribution in [3.8, 4) is 0 Å². The molecule has 0 aromatic rings. The molecule has 0 saturated heterocycles. The molecule has 0 radical (unpaired) electrons. The maximum absolute atomic E-state index is 8.51. The van der Waals surface area contributed by atoms with Gasteiger partial charge in [-0.05, 0) is 0 Å². The quantitative estimate of drug-likeness (QED) is 0.353. The highest BCUT2D eigenvalue weighted by molar-refractivity contribution is 4.94. The van der Waals surface area contributed by atoms with Crippen LogP contribution in [0.1, 0.15) is 0 Å². The molecule has 1 rings (SSSR count). The molecule has 1 unspecified atom stereocenters. The van der Waals surface area contributed by atoms with Crippen molar-refractivity contribution in [3.05, 3.63) is 12.0 Å². The van der Waals surface area contributed by atoms with E-state index in [9.17, 15) is 0 Å². The fourth-order valence-electron chi connectivity index (χ4n) is 0.352. The number of aliphatic hydroxyl groups excluding tert-OH is 1. The minimum atomic E-state index is -0.736. The van der Waals surface area contributed by atoms with Gasteiger partial charge in [-0.1, -0.05) is 0 Å². The zero-order chi connectivity index (χ0) is 5.28. The van der Waals surface area contributed by atoms with E-state index >= 15 is 0 Å². The number of nitrogens with one attached hydrogen (secondary N) is 1. The molecule has 1 heterocycles. The summed E-state index contributed by atoms with van der Waals surface area (Å²) in [6, 6.07) is 0. The lowest BCUT2D eigenvalue weighted by Gasteiger charge is -1.95. The SMILES string of the molecule is NC1=CC(O)NO1. The van der Waals surface area contributed by atoms with Crippen LogP contribution in [0.5, 0.6) is 0 Å². The fourth-order valence-corrected chi connectivity index (χ4v) is 0.352. The van der Waals surface area contributed by atoms with E-state index in [1.807, 2.05) is 0 Å². The van der Waals surface area contributed by atoms with Crippen LogP contribution in [-0.4, -0.2) is 11.3 Å². The third-order valence-corrected chi connectivity index (χ3v) is 0.620. The Hall–Kier alpha value is -0.740. The largest absolute Gasteiger partial charge is 0.388 e. The predicted molar refractivity (Wildman–Crippen MR) is 22.5 cm³/mol. The summed E-state index contributed by atoms with van der Waals surface area (Å²) in [7, 11) is 0. The van der Waals surface area contributed by atoms with Crippen molar-refractivity contribution < 1.29 is 9.94 Å². The molecule has 7 heavy (non-hydrogen) atoms. The van der Waals surface area contributed by atoms with Crippen molar-refractivity contribution in [2.24, 2.45) is 5.73 Å². The van der Waals surface area contributed by atoms with E-state index in [1.54, 1.807) is 0 Å². The molecule has 0 amide bonds. The molecule has 1 aliphatic heterocycles. The van der Waals surface area contributed by atoms with Crippen LogP contribution >= 0.6 is 0 Å². The minimum Gasteiger partial charge on any atom is -0.388 e. The number of hydroxylamine groups is 1. The van der Waals surface area contributed by atoms with Crippen molar-refractivity contribution in [2.45, 2.75) is 6.23 Å². The summed E-state index contributed by atoms with van der Waals surface area (Å²) < 4.78 is 0. The van der Waals surface area contributed by atoms with Crippen LogP contribution < -0.4 is 11.2 Å². The number of hydrogen-bond donors (Lipinski definition) is 3. The first-order valence-corrected chi connectivity index (χ1v) is 1.87. The van der Waals surface area contributed by atoms with Crippen molar-refractivity contribution in [2.75, 3.05) is 0 Å². The van der Waals surface area contributed by atoms with Gasteiger partial charge in [0, 0.05) is 6.08 Å². The van der Waals surface area contributed by atoms with Crippen molar-refractivity contribution in [1.82, 2.24) is 5.48 Å². The summed E-state index contributed by atoms with van der Waals surface area (Å²) in [5.74, 6) is 0.215. The van der Waals surface area contributed by atoms with Gasteiger partial charge in [-0.3, -0.25) is 0 Å². The lowest BCUT2D eigenvalue weighted by Crippen LogP contribution is -2.19. The highest BCUT2D eigenvalue weighted by Gasteiger charge is 2.08. The van der Waals surface area contributed by atoms with Gasteiger partial charge >= 0.3 is 0 Å². The summed E-state index contributed by atoms with van der Waals surface area (Å²) >= 11 is 0. The fraction of sp³-hybridized carbons (Fsp3) is 0.333. The Morgan fingerprint density at radius 1 is 2.00 bits per heavy atom. The van der Waals surface area contributed by atoms with Gasteiger partial charge in [0.25, 0.3) is 0 Å². The highest BCUT2D eigenvalue weighted by Crippen LogP contribution is 1.95. The second-order valence-electron chi connectivity index (χ2n) is 1.23. The molecule has 0 bridgehead atoms. The van der Waals surface area contributed by atoms with Gasteiger partial charge in [0.1, 0.15) is 0 Å². The molecule has 4 N–H and O–H groups in total. The topological polar surface area (TPSA) is 67.5 Å². The van der Waals surface area contributed by atoms with Gasteiger partial charge in [0.05, 0.1) is 0 Å². The Morgan fingerprint density at radius 3 is 2.86 bits per heavy atom. The lowest BCUT2D eigenvalue weighted by molar-refractivity contribution is 0.0341. The zero-order valence-corrected chi connectivity index (χ0v) is 3.59. The van der Waals surface area contributed by atoms with E-state index in [0.717, 1.165) is 0 Å². The van der Waals surface area contributed by atoms with Crippen molar-refractivity contribution >= 4 is 0 Å². The van der Waals surface area contributed by atoms with Gasteiger partial charge in [0.15, 0.2) is 6.23 Å². The van der Waals surface area contributed by atoms with E-state index in [-0.39, 0.29) is 5.88 Å². The third kappa shape index (κ3) is 0.819. The molecule has 0 fully saturated rings. The average molecular weight is 102 g/mol. The van der Waals surface area contributed by atoms with E-state index in [4.69, 9.17) is 10.8 Å². The molecule has 0 aliphatic carbocycles. The molecule has 1 aliphatic rings. The first-order chi connectivity index (χ1) is 3.29. The molecule has 4 nitrogen and oxygen atoms in total. The van der Waals surface area contributed by atoms with E-state index in [2.05, 4.69) is 10.3 Å². The van der Waals surface area contributed by atoms with Crippen molar-refractivity contribution in [3.63, 3.8) is 0 Å². The van der Waals surface area contributed by atoms with Crippen LogP contribution in [0.15, 0.2) is 12.0 Å². The first kappa shape index (κ1) is 4.42. The summed E-state index contributed by atoms with van der Waals surface area (Å²) in [6.45, 7) is 0. The number of aliphatic hydroxyl groups is 1. The van der Waals surface area contributed by atoms with E-state index < -0.39 is 6.23 Å². The Bertz CT molecular complexity index is 101. The maximum Gasteiger partial charge on any atom is 0.209 e. The molecule has 4 heteroatoms. The first-order valence-electron chi connectivity index (χ1n) is 1.87. The van der Waals surface area contributed by atoms with Gasteiger partial charge in [-0.25, -0.2) is 0 Å². The number of nitrogens with two attached hydrogens (primary N) is 1. The highest BCUT2D eigenvalue weighted by atomic mass is 16.7. The average Bonchev–Trinajstić information content (AvgIpc) is 1.87. The van der Waals surface area contributed by atoms with E-state index in [1.165, 1.54) is 6.08 Å². The number of rotatable bonds is 0.